The topological polar surface area (TPSA) is 72.9 Å². The van der Waals surface area contributed by atoms with E-state index in [-0.39, 0.29) is 5.54 Å². The van der Waals surface area contributed by atoms with Crippen LogP contribution in [0, 0.1) is 0 Å². The second kappa shape index (κ2) is 9.73. The lowest BCUT2D eigenvalue weighted by Crippen LogP contribution is -2.43. The molecule has 3 aromatic carbocycles. The van der Waals surface area contributed by atoms with E-state index in [1.165, 1.54) is 17.5 Å². The summed E-state index contributed by atoms with van der Waals surface area (Å²) in [5.74, 6) is 0.936. The smallest absolute Gasteiger partial charge is 0.296 e. The van der Waals surface area contributed by atoms with Gasteiger partial charge in [-0.3, -0.25) is 4.98 Å². The first kappa shape index (κ1) is 23.7. The number of nitrogens with one attached hydrogen (secondary N) is 1. The second-order valence-corrected chi connectivity index (χ2v) is 10.5. The third-order valence-corrected chi connectivity index (χ3v) is 7.96. The van der Waals surface area contributed by atoms with Crippen molar-refractivity contribution in [1.29, 1.82) is 0 Å². The SMILES string of the molecule is NC1(c2ccc(-n3nc(CNCc4ccccc4)[n+]4ccc5ncc(-c6ccccc6)cc5c34)cc2)CCC1. The average molecular weight is 512 g/mol. The summed E-state index contributed by atoms with van der Waals surface area (Å²) in [5, 5.41) is 9.76. The summed E-state index contributed by atoms with van der Waals surface area (Å²) in [4.78, 5) is 4.83. The normalized spacial score (nSPS) is 14.5. The van der Waals surface area contributed by atoms with Crippen LogP contribution in [0.4, 0.5) is 0 Å². The van der Waals surface area contributed by atoms with E-state index in [1.807, 2.05) is 23.0 Å². The first-order valence-electron chi connectivity index (χ1n) is 13.6. The predicted molar refractivity (Wildman–Crippen MR) is 154 cm³/mol. The molecule has 1 saturated carbocycles. The Bertz CT molecular complexity index is 1750. The number of benzene rings is 3. The highest BCUT2D eigenvalue weighted by molar-refractivity contribution is 5.92. The maximum Gasteiger partial charge on any atom is 0.296 e. The van der Waals surface area contributed by atoms with Crippen LogP contribution in [0.25, 0.3) is 33.4 Å². The summed E-state index contributed by atoms with van der Waals surface area (Å²) >= 11 is 0. The van der Waals surface area contributed by atoms with Crippen LogP contribution in [0.5, 0.6) is 0 Å². The lowest BCUT2D eigenvalue weighted by Gasteiger charge is -2.38. The van der Waals surface area contributed by atoms with Gasteiger partial charge in [-0.2, -0.15) is 4.40 Å². The zero-order valence-electron chi connectivity index (χ0n) is 21.8. The highest BCUT2D eigenvalue weighted by Gasteiger charge is 2.34. The number of hydrogen-bond acceptors (Lipinski definition) is 4. The first-order valence-corrected chi connectivity index (χ1v) is 13.6. The quantitative estimate of drug-likeness (QED) is 0.280. The van der Waals surface area contributed by atoms with Crippen molar-refractivity contribution in [3.05, 3.63) is 126 Å². The van der Waals surface area contributed by atoms with Crippen molar-refractivity contribution in [3.63, 3.8) is 0 Å². The Kier molecular flexibility index (Phi) is 5.91. The van der Waals surface area contributed by atoms with Crippen LogP contribution in [0.2, 0.25) is 0 Å². The summed E-state index contributed by atoms with van der Waals surface area (Å²) in [6.45, 7) is 1.40. The van der Waals surface area contributed by atoms with Gasteiger partial charge in [0.05, 0.1) is 23.6 Å². The number of rotatable bonds is 7. The minimum absolute atomic E-state index is 0.187. The van der Waals surface area contributed by atoms with Crippen molar-refractivity contribution in [2.45, 2.75) is 37.9 Å². The molecule has 1 aliphatic carbocycles. The van der Waals surface area contributed by atoms with E-state index < -0.39 is 0 Å². The van der Waals surface area contributed by atoms with Gasteiger partial charge in [0.1, 0.15) is 5.69 Å². The molecule has 3 heterocycles. The van der Waals surface area contributed by atoms with Gasteiger partial charge >= 0.3 is 0 Å². The van der Waals surface area contributed by atoms with E-state index >= 15 is 0 Å². The largest absolute Gasteiger partial charge is 0.321 e. The van der Waals surface area contributed by atoms with E-state index in [0.717, 1.165) is 58.6 Å². The van der Waals surface area contributed by atoms with Crippen molar-refractivity contribution in [2.24, 2.45) is 5.73 Å². The van der Waals surface area contributed by atoms with E-state index in [9.17, 15) is 0 Å². The Balaban J connectivity index is 1.34. The number of fused-ring (bicyclic) bond motifs is 3. The molecule has 3 aromatic heterocycles. The summed E-state index contributed by atoms with van der Waals surface area (Å²) in [7, 11) is 0. The Hall–Kier alpha value is -4.39. The maximum absolute atomic E-state index is 6.61. The van der Waals surface area contributed by atoms with Crippen LogP contribution >= 0.6 is 0 Å². The molecule has 6 nitrogen and oxygen atoms in total. The van der Waals surface area contributed by atoms with E-state index in [0.29, 0.717) is 6.54 Å². The molecule has 7 rings (SSSR count). The molecule has 6 heteroatoms. The average Bonchev–Trinajstić information content (AvgIpc) is 3.36. The van der Waals surface area contributed by atoms with Gasteiger partial charge in [0.2, 0.25) is 0 Å². The third-order valence-electron chi connectivity index (χ3n) is 7.96. The summed E-state index contributed by atoms with van der Waals surface area (Å²) < 4.78 is 4.23. The maximum atomic E-state index is 6.61. The van der Waals surface area contributed by atoms with Gasteiger partial charge in [-0.05, 0) is 60.2 Å². The molecular weight excluding hydrogens is 480 g/mol. The molecule has 0 aliphatic heterocycles. The Morgan fingerprint density at radius 3 is 2.31 bits per heavy atom. The second-order valence-electron chi connectivity index (χ2n) is 10.5. The highest BCUT2D eigenvalue weighted by atomic mass is 15.4. The van der Waals surface area contributed by atoms with Crippen molar-refractivity contribution in [3.8, 4) is 16.8 Å². The van der Waals surface area contributed by atoms with Crippen LogP contribution in [0.1, 0.15) is 36.2 Å². The number of nitrogens with two attached hydrogens (primary N) is 1. The lowest BCUT2D eigenvalue weighted by molar-refractivity contribution is -0.521. The van der Waals surface area contributed by atoms with Gasteiger partial charge in [-0.25, -0.2) is 0 Å². The summed E-state index contributed by atoms with van der Waals surface area (Å²) in [6, 6.07) is 33.8. The molecule has 0 bridgehead atoms. The molecule has 0 amide bonds. The Morgan fingerprint density at radius 2 is 1.59 bits per heavy atom. The minimum atomic E-state index is -0.187. The van der Waals surface area contributed by atoms with Gasteiger partial charge in [0, 0.05) is 28.9 Å². The molecule has 0 unspecified atom stereocenters. The van der Waals surface area contributed by atoms with Gasteiger partial charge in [0.15, 0.2) is 0 Å². The minimum Gasteiger partial charge on any atom is -0.321 e. The standard InChI is InChI=1S/C33H31N6/c34-33(17-7-18-33)27-12-14-28(15-13-27)39-32-29-20-26(25-10-5-2-6-11-25)22-36-30(29)16-19-38(32)31(37-39)23-35-21-24-8-3-1-4-9-24/h1-6,8-16,19-20,22,35H,7,17-18,21,23,34H2/q+1. The van der Waals surface area contributed by atoms with Gasteiger partial charge < -0.3 is 11.1 Å². The fourth-order valence-corrected chi connectivity index (χ4v) is 5.55. The van der Waals surface area contributed by atoms with Gasteiger partial charge in [-0.15, -0.1) is 0 Å². The molecule has 39 heavy (non-hydrogen) atoms. The van der Waals surface area contributed by atoms with E-state index in [2.05, 4.69) is 101 Å². The van der Waals surface area contributed by atoms with E-state index in [1.54, 1.807) is 0 Å². The van der Waals surface area contributed by atoms with Crippen molar-refractivity contribution in [1.82, 2.24) is 20.1 Å². The molecule has 6 aromatic rings. The van der Waals surface area contributed by atoms with Crippen molar-refractivity contribution < 1.29 is 4.40 Å². The monoisotopic (exact) mass is 511 g/mol. The summed E-state index contributed by atoms with van der Waals surface area (Å²) in [5.41, 5.74) is 14.0. The number of aromatic nitrogens is 4. The van der Waals surface area contributed by atoms with Crippen LogP contribution in [0.15, 0.2) is 109 Å². The molecule has 1 aliphatic rings. The third kappa shape index (κ3) is 4.38. The predicted octanol–water partition coefficient (Wildman–Crippen LogP) is 5.45. The van der Waals surface area contributed by atoms with Crippen LogP contribution in [0.3, 0.4) is 0 Å². The van der Waals surface area contributed by atoms with E-state index in [4.69, 9.17) is 15.8 Å². The van der Waals surface area contributed by atoms with Gasteiger partial charge in [0.25, 0.3) is 11.5 Å². The molecular formula is C33H31N6+. The first-order chi connectivity index (χ1) is 19.2. The van der Waals surface area contributed by atoms with Crippen molar-refractivity contribution in [2.75, 3.05) is 0 Å². The van der Waals surface area contributed by atoms with Gasteiger partial charge in [-0.1, -0.05) is 77.5 Å². The van der Waals surface area contributed by atoms with Crippen LogP contribution < -0.4 is 15.5 Å². The fraction of sp³-hybridized carbons (Fsp3) is 0.182. The number of hydrogen-bond donors (Lipinski definition) is 2. The molecule has 0 atom stereocenters. The fourth-order valence-electron chi connectivity index (χ4n) is 5.55. The Morgan fingerprint density at radius 1 is 0.846 bits per heavy atom. The highest BCUT2D eigenvalue weighted by Crippen LogP contribution is 2.38. The molecule has 0 saturated heterocycles. The van der Waals surface area contributed by atoms with Crippen LogP contribution in [-0.4, -0.2) is 14.8 Å². The number of nitrogens with zero attached hydrogens (tertiary/aromatic N) is 4. The Labute approximate surface area is 227 Å². The van der Waals surface area contributed by atoms with Crippen LogP contribution in [-0.2, 0) is 18.6 Å². The lowest BCUT2D eigenvalue weighted by atomic mass is 9.73. The molecule has 3 N–H and O–H groups in total. The van der Waals surface area contributed by atoms with Crippen molar-refractivity contribution >= 4 is 16.6 Å². The number of pyridine rings is 2. The molecule has 1 fully saturated rings. The zero-order chi connectivity index (χ0) is 26.2. The molecule has 0 spiro atoms. The molecule has 192 valence electrons. The zero-order valence-corrected chi connectivity index (χ0v) is 21.8. The summed E-state index contributed by atoms with van der Waals surface area (Å²) in [6.07, 6.45) is 7.31. The molecule has 0 radical (unpaired) electrons.